The van der Waals surface area contributed by atoms with E-state index in [1.807, 2.05) is 0 Å². The predicted molar refractivity (Wildman–Crippen MR) is 96.2 cm³/mol. The van der Waals surface area contributed by atoms with Crippen molar-refractivity contribution in [2.45, 2.75) is 11.8 Å². The molecule has 2 N–H and O–H groups in total. The van der Waals surface area contributed by atoms with E-state index in [9.17, 15) is 13.2 Å². The van der Waals surface area contributed by atoms with E-state index >= 15 is 0 Å². The van der Waals surface area contributed by atoms with Crippen LogP contribution in [-0.4, -0.2) is 19.3 Å². The zero-order valence-electron chi connectivity index (χ0n) is 12.4. The Hall–Kier alpha value is -2.16. The molecule has 0 fully saturated rings. The highest BCUT2D eigenvalue weighted by atomic mass is 35.5. The third-order valence-electron chi connectivity index (χ3n) is 3.15. The molecule has 1 amide bonds. The smallest absolute Gasteiger partial charge is 0.261 e. The Balaban J connectivity index is 1.89. The van der Waals surface area contributed by atoms with Crippen molar-refractivity contribution >= 4 is 60.5 Å². The van der Waals surface area contributed by atoms with E-state index in [4.69, 9.17) is 11.6 Å². The molecule has 1 heterocycles. The number of carbonyl (C=O) groups excluding carboxylic acids is 1. The van der Waals surface area contributed by atoms with E-state index in [0.717, 1.165) is 10.2 Å². The molecule has 0 spiro atoms. The van der Waals surface area contributed by atoms with Gasteiger partial charge in [-0.25, -0.2) is 13.4 Å². The fraction of sp³-hybridized carbons (Fsp3) is 0.0667. The first-order valence-electron chi connectivity index (χ1n) is 6.78. The molecular formula is C15H12ClN3O3S2. The number of rotatable bonds is 4. The Labute approximate surface area is 147 Å². The van der Waals surface area contributed by atoms with E-state index in [1.165, 1.54) is 36.5 Å². The molecule has 3 rings (SSSR count). The molecule has 6 nitrogen and oxygen atoms in total. The molecule has 1 aromatic heterocycles. The van der Waals surface area contributed by atoms with E-state index in [-0.39, 0.29) is 15.8 Å². The molecule has 0 atom stereocenters. The van der Waals surface area contributed by atoms with Crippen molar-refractivity contribution in [3.63, 3.8) is 0 Å². The van der Waals surface area contributed by atoms with Crippen LogP contribution in [0.3, 0.4) is 0 Å². The number of halogens is 1. The Kier molecular flexibility index (Phi) is 4.44. The number of hydrogen-bond acceptors (Lipinski definition) is 5. The van der Waals surface area contributed by atoms with Crippen LogP contribution in [0.4, 0.5) is 11.4 Å². The highest BCUT2D eigenvalue weighted by Gasteiger charge is 2.16. The zero-order valence-corrected chi connectivity index (χ0v) is 14.8. The standard InChI is InChI=1S/C15H12ClN3O3S2/c1-9(20)18-13-5-3-11(7-12(13)16)24(21,22)19-10-2-4-14-15(6-10)23-8-17-14/h2-8,19H,1H3,(H,18,20). The molecule has 24 heavy (non-hydrogen) atoms. The lowest BCUT2D eigenvalue weighted by Crippen LogP contribution is -2.13. The summed E-state index contributed by atoms with van der Waals surface area (Å²) in [4.78, 5) is 15.2. The lowest BCUT2D eigenvalue weighted by Gasteiger charge is -2.10. The summed E-state index contributed by atoms with van der Waals surface area (Å²) in [5, 5.41) is 2.67. The van der Waals surface area contributed by atoms with Crippen LogP contribution in [0.15, 0.2) is 46.8 Å². The maximum atomic E-state index is 12.5. The average Bonchev–Trinajstić information content (AvgIpc) is 2.96. The van der Waals surface area contributed by atoms with Crippen LogP contribution in [0.5, 0.6) is 0 Å². The monoisotopic (exact) mass is 381 g/mol. The SMILES string of the molecule is CC(=O)Nc1ccc(S(=O)(=O)Nc2ccc3ncsc3c2)cc1Cl. The number of carbonyl (C=O) groups is 1. The van der Waals surface area contributed by atoms with Gasteiger partial charge in [-0.05, 0) is 36.4 Å². The van der Waals surface area contributed by atoms with Crippen LogP contribution >= 0.6 is 22.9 Å². The van der Waals surface area contributed by atoms with Gasteiger partial charge in [-0.2, -0.15) is 0 Å². The van der Waals surface area contributed by atoms with E-state index < -0.39 is 10.0 Å². The first-order valence-corrected chi connectivity index (χ1v) is 9.52. The molecule has 0 aliphatic carbocycles. The lowest BCUT2D eigenvalue weighted by atomic mass is 10.3. The van der Waals surface area contributed by atoms with Gasteiger partial charge in [-0.3, -0.25) is 9.52 Å². The summed E-state index contributed by atoms with van der Waals surface area (Å²) in [5.74, 6) is -0.288. The molecular weight excluding hydrogens is 370 g/mol. The summed E-state index contributed by atoms with van der Waals surface area (Å²) in [6.45, 7) is 1.35. The minimum absolute atomic E-state index is 0.00556. The third-order valence-corrected chi connectivity index (χ3v) is 5.63. The first-order chi connectivity index (χ1) is 11.3. The Morgan fingerprint density at radius 3 is 2.71 bits per heavy atom. The lowest BCUT2D eigenvalue weighted by molar-refractivity contribution is -0.114. The van der Waals surface area contributed by atoms with E-state index in [2.05, 4.69) is 15.0 Å². The van der Waals surface area contributed by atoms with Gasteiger partial charge in [0.05, 0.1) is 37.0 Å². The quantitative estimate of drug-likeness (QED) is 0.721. The second kappa shape index (κ2) is 6.39. The number of aromatic nitrogens is 1. The molecule has 0 saturated carbocycles. The second-order valence-corrected chi connectivity index (χ2v) is 7.94. The Morgan fingerprint density at radius 1 is 1.21 bits per heavy atom. The number of amides is 1. The van der Waals surface area contributed by atoms with Gasteiger partial charge in [0, 0.05) is 6.92 Å². The second-order valence-electron chi connectivity index (χ2n) is 4.96. The molecule has 0 saturated heterocycles. The maximum absolute atomic E-state index is 12.5. The van der Waals surface area contributed by atoms with Crippen molar-refractivity contribution in [3.8, 4) is 0 Å². The van der Waals surface area contributed by atoms with Crippen molar-refractivity contribution in [2.24, 2.45) is 0 Å². The number of sulfonamides is 1. The molecule has 3 aromatic rings. The van der Waals surface area contributed by atoms with Crippen molar-refractivity contribution in [2.75, 3.05) is 10.0 Å². The summed E-state index contributed by atoms with van der Waals surface area (Å²) in [7, 11) is -3.80. The fourth-order valence-electron chi connectivity index (χ4n) is 2.09. The Bertz CT molecular complexity index is 1030. The number of thiazole rings is 1. The van der Waals surface area contributed by atoms with Gasteiger partial charge in [0.25, 0.3) is 10.0 Å². The van der Waals surface area contributed by atoms with Crippen molar-refractivity contribution in [1.29, 1.82) is 0 Å². The van der Waals surface area contributed by atoms with E-state index in [1.54, 1.807) is 23.7 Å². The normalized spacial score (nSPS) is 11.4. The minimum atomic E-state index is -3.80. The van der Waals surface area contributed by atoms with Crippen LogP contribution in [0.2, 0.25) is 5.02 Å². The molecule has 124 valence electrons. The van der Waals surface area contributed by atoms with Crippen LogP contribution in [-0.2, 0) is 14.8 Å². The highest BCUT2D eigenvalue weighted by Crippen LogP contribution is 2.27. The first kappa shape index (κ1) is 16.7. The minimum Gasteiger partial charge on any atom is -0.325 e. The number of hydrogen-bond donors (Lipinski definition) is 2. The number of nitrogens with one attached hydrogen (secondary N) is 2. The molecule has 9 heteroatoms. The molecule has 2 aromatic carbocycles. The molecule has 0 aliphatic heterocycles. The van der Waals surface area contributed by atoms with E-state index in [0.29, 0.717) is 11.4 Å². The number of nitrogens with zero attached hydrogens (tertiary/aromatic N) is 1. The summed E-state index contributed by atoms with van der Waals surface area (Å²) in [6.07, 6.45) is 0. The summed E-state index contributed by atoms with van der Waals surface area (Å²) < 4.78 is 28.4. The van der Waals surface area contributed by atoms with Crippen LogP contribution < -0.4 is 10.0 Å². The summed E-state index contributed by atoms with van der Waals surface area (Å²) >= 11 is 7.46. The fourth-order valence-corrected chi connectivity index (χ4v) is 4.17. The van der Waals surface area contributed by atoms with Crippen molar-refractivity contribution in [3.05, 3.63) is 46.9 Å². The molecule has 0 radical (unpaired) electrons. The number of fused-ring (bicyclic) bond motifs is 1. The van der Waals surface area contributed by atoms with Crippen LogP contribution in [0.1, 0.15) is 6.92 Å². The zero-order chi connectivity index (χ0) is 17.3. The average molecular weight is 382 g/mol. The number of benzene rings is 2. The van der Waals surface area contributed by atoms with Gasteiger partial charge in [0.2, 0.25) is 5.91 Å². The topological polar surface area (TPSA) is 88.2 Å². The van der Waals surface area contributed by atoms with Crippen molar-refractivity contribution in [1.82, 2.24) is 4.98 Å². The Morgan fingerprint density at radius 2 is 2.00 bits per heavy atom. The van der Waals surface area contributed by atoms with Gasteiger partial charge >= 0.3 is 0 Å². The summed E-state index contributed by atoms with van der Waals surface area (Å²) in [6, 6.07) is 9.23. The third kappa shape index (κ3) is 3.50. The van der Waals surface area contributed by atoms with Gasteiger partial charge in [0.15, 0.2) is 0 Å². The van der Waals surface area contributed by atoms with Gasteiger partial charge < -0.3 is 5.32 Å². The maximum Gasteiger partial charge on any atom is 0.261 e. The van der Waals surface area contributed by atoms with Crippen molar-refractivity contribution < 1.29 is 13.2 Å². The van der Waals surface area contributed by atoms with Gasteiger partial charge in [-0.15, -0.1) is 11.3 Å². The highest BCUT2D eigenvalue weighted by molar-refractivity contribution is 7.92. The number of anilines is 2. The largest absolute Gasteiger partial charge is 0.325 e. The van der Waals surface area contributed by atoms with Gasteiger partial charge in [-0.1, -0.05) is 11.6 Å². The van der Waals surface area contributed by atoms with Crippen LogP contribution in [0.25, 0.3) is 10.2 Å². The van der Waals surface area contributed by atoms with Crippen LogP contribution in [0, 0.1) is 0 Å². The molecule has 0 aliphatic rings. The van der Waals surface area contributed by atoms with Gasteiger partial charge in [0.1, 0.15) is 0 Å². The molecule has 0 unspecified atom stereocenters. The predicted octanol–water partition coefficient (Wildman–Crippen LogP) is 3.71. The molecule has 0 bridgehead atoms. The summed E-state index contributed by atoms with van der Waals surface area (Å²) in [5.41, 5.74) is 3.30.